The Hall–Kier alpha value is -0.683. The van der Waals surface area contributed by atoms with E-state index in [9.17, 15) is 9.59 Å². The van der Waals surface area contributed by atoms with Gasteiger partial charge < -0.3 is 9.33 Å². The monoisotopic (exact) mass is 259 g/mol. The first kappa shape index (κ1) is 16.3. The molecule has 0 saturated heterocycles. The maximum Gasteiger partial charge on any atom is 0.260 e. The first-order chi connectivity index (χ1) is 7.54. The zero-order chi connectivity index (χ0) is 13.9. The molecule has 0 aromatic heterocycles. The number of ketones is 1. The van der Waals surface area contributed by atoms with Gasteiger partial charge in [-0.05, 0) is 33.0 Å². The number of nitrogens with zero attached hydrogens (tertiary/aromatic N) is 1. The summed E-state index contributed by atoms with van der Waals surface area (Å²) >= 11 is 0. The van der Waals surface area contributed by atoms with Gasteiger partial charge in [0.05, 0.1) is 0 Å². The van der Waals surface area contributed by atoms with Crippen LogP contribution in [0.3, 0.4) is 0 Å². The van der Waals surface area contributed by atoms with E-state index in [0.29, 0.717) is 6.42 Å². The van der Waals surface area contributed by atoms with Gasteiger partial charge in [-0.2, -0.15) is 0 Å². The van der Waals surface area contributed by atoms with Crippen LogP contribution in [0.25, 0.3) is 0 Å². The van der Waals surface area contributed by atoms with Crippen LogP contribution in [-0.2, 0) is 14.0 Å². The summed E-state index contributed by atoms with van der Waals surface area (Å²) in [6.07, 6.45) is 1.10. The highest BCUT2D eigenvalue weighted by atomic mass is 28.4. The van der Waals surface area contributed by atoms with Crippen LogP contribution in [0.2, 0.25) is 19.6 Å². The first-order valence-corrected chi connectivity index (χ1v) is 9.40. The number of carbonyl (C=O) groups is 2. The van der Waals surface area contributed by atoms with Crippen molar-refractivity contribution in [3.8, 4) is 0 Å². The summed E-state index contributed by atoms with van der Waals surface area (Å²) in [4.78, 5) is 25.7. The van der Waals surface area contributed by atoms with E-state index in [-0.39, 0.29) is 11.7 Å². The molecule has 0 fully saturated rings. The number of Topliss-reactive ketones (excluding diaryl/α,β-unsaturated/α-hetero) is 1. The molecule has 0 rings (SSSR count). The molecule has 0 aliphatic rings. The molecule has 1 unspecified atom stereocenters. The minimum Gasteiger partial charge on any atom is -0.398 e. The molecule has 17 heavy (non-hydrogen) atoms. The van der Waals surface area contributed by atoms with E-state index >= 15 is 0 Å². The Morgan fingerprint density at radius 1 is 1.24 bits per heavy atom. The largest absolute Gasteiger partial charge is 0.398 e. The van der Waals surface area contributed by atoms with Crippen molar-refractivity contribution < 1.29 is 14.0 Å². The molecule has 4 nitrogen and oxygen atoms in total. The van der Waals surface area contributed by atoms with Crippen molar-refractivity contribution >= 4 is 20.0 Å². The van der Waals surface area contributed by atoms with Crippen LogP contribution in [0.1, 0.15) is 26.7 Å². The summed E-state index contributed by atoms with van der Waals surface area (Å²) in [5, 5.41) is 0. The van der Waals surface area contributed by atoms with E-state index in [2.05, 4.69) is 0 Å². The van der Waals surface area contributed by atoms with E-state index in [1.54, 1.807) is 21.0 Å². The molecule has 1 amide bonds. The van der Waals surface area contributed by atoms with Crippen molar-refractivity contribution in [3.63, 3.8) is 0 Å². The molecule has 100 valence electrons. The molecule has 0 aliphatic carbocycles. The molecular formula is C12H25NO3Si. The zero-order valence-electron chi connectivity index (χ0n) is 12.1. The highest BCUT2D eigenvalue weighted by Gasteiger charge is 2.45. The number of likely N-dealkylation sites (N-methyl/N-ethyl adjacent to an activating group) is 1. The molecule has 0 spiro atoms. The Balaban J connectivity index is 5.21. The van der Waals surface area contributed by atoms with Crippen molar-refractivity contribution in [2.24, 2.45) is 0 Å². The summed E-state index contributed by atoms with van der Waals surface area (Å²) in [5.74, 6) is -0.389. The number of rotatable bonds is 6. The van der Waals surface area contributed by atoms with Crippen molar-refractivity contribution in [1.82, 2.24) is 4.90 Å². The van der Waals surface area contributed by atoms with Gasteiger partial charge in [-0.25, -0.2) is 0 Å². The smallest absolute Gasteiger partial charge is 0.260 e. The van der Waals surface area contributed by atoms with Crippen LogP contribution in [0.15, 0.2) is 0 Å². The van der Waals surface area contributed by atoms with E-state index in [0.717, 1.165) is 6.42 Å². The second-order valence-electron chi connectivity index (χ2n) is 5.62. The average molecular weight is 259 g/mol. The highest BCUT2D eigenvalue weighted by molar-refractivity contribution is 6.70. The fourth-order valence-electron chi connectivity index (χ4n) is 1.72. The number of hydrogen-bond acceptors (Lipinski definition) is 3. The molecule has 0 bridgehead atoms. The van der Waals surface area contributed by atoms with Crippen molar-refractivity contribution in [1.29, 1.82) is 0 Å². The fraction of sp³-hybridized carbons (Fsp3) is 0.833. The first-order valence-electron chi connectivity index (χ1n) is 6.00. The molecule has 0 heterocycles. The third-order valence-corrected chi connectivity index (χ3v) is 3.35. The van der Waals surface area contributed by atoms with Crippen LogP contribution < -0.4 is 0 Å². The van der Waals surface area contributed by atoms with E-state index in [1.165, 1.54) is 4.90 Å². The van der Waals surface area contributed by atoms with Gasteiger partial charge in [-0.15, -0.1) is 0 Å². The van der Waals surface area contributed by atoms with Crippen molar-refractivity contribution in [2.45, 2.75) is 51.9 Å². The van der Waals surface area contributed by atoms with E-state index < -0.39 is 13.9 Å². The Kier molecular flexibility index (Phi) is 5.54. The summed E-state index contributed by atoms with van der Waals surface area (Å²) in [6.45, 7) is 9.47. The lowest BCUT2D eigenvalue weighted by molar-refractivity contribution is -0.154. The SMILES string of the molecule is CCCC(=O)C(C)(O[Si](C)(C)C)C(=O)N(C)C. The zero-order valence-corrected chi connectivity index (χ0v) is 13.1. The summed E-state index contributed by atoms with van der Waals surface area (Å²) < 4.78 is 5.86. The van der Waals surface area contributed by atoms with Crippen LogP contribution in [0.4, 0.5) is 0 Å². The topological polar surface area (TPSA) is 46.6 Å². The maximum atomic E-state index is 12.2. The number of hydrogen-bond donors (Lipinski definition) is 0. The number of amides is 1. The molecule has 5 heteroatoms. The van der Waals surface area contributed by atoms with Gasteiger partial charge >= 0.3 is 0 Å². The highest BCUT2D eigenvalue weighted by Crippen LogP contribution is 2.23. The molecule has 0 aromatic carbocycles. The normalized spacial score (nSPS) is 15.2. The molecule has 0 aliphatic heterocycles. The average Bonchev–Trinajstić information content (AvgIpc) is 2.13. The predicted molar refractivity (Wildman–Crippen MR) is 71.4 cm³/mol. The summed E-state index contributed by atoms with van der Waals surface area (Å²) in [7, 11) is 1.33. The third kappa shape index (κ3) is 4.59. The Labute approximate surface area is 105 Å². The quantitative estimate of drug-likeness (QED) is 0.542. The van der Waals surface area contributed by atoms with Crippen LogP contribution >= 0.6 is 0 Å². The third-order valence-electron chi connectivity index (χ3n) is 2.33. The molecule has 1 atom stereocenters. The lowest BCUT2D eigenvalue weighted by Crippen LogP contribution is -2.56. The van der Waals surface area contributed by atoms with Crippen LogP contribution in [-0.4, -0.2) is 44.6 Å². The Morgan fingerprint density at radius 3 is 2.00 bits per heavy atom. The molecular weight excluding hydrogens is 234 g/mol. The molecule has 0 radical (unpaired) electrons. The molecule has 0 aromatic rings. The Morgan fingerprint density at radius 2 is 1.71 bits per heavy atom. The van der Waals surface area contributed by atoms with Gasteiger partial charge in [0, 0.05) is 20.5 Å². The minimum atomic E-state index is -1.96. The standard InChI is InChI=1S/C12H25NO3Si/c1-8-9-10(14)12(2,11(15)13(3)4)16-17(5,6)7/h8-9H2,1-7H3. The fourth-order valence-corrected chi connectivity index (χ4v) is 3.15. The Bertz CT molecular complexity index is 297. The van der Waals surface area contributed by atoms with Gasteiger partial charge in [0.25, 0.3) is 5.91 Å². The van der Waals surface area contributed by atoms with Gasteiger partial charge in [-0.1, -0.05) is 6.92 Å². The van der Waals surface area contributed by atoms with Gasteiger partial charge in [-0.3, -0.25) is 9.59 Å². The second kappa shape index (κ2) is 5.77. The predicted octanol–water partition coefficient (Wildman–Crippen LogP) is 2.05. The van der Waals surface area contributed by atoms with E-state index in [1.807, 2.05) is 26.6 Å². The summed E-state index contributed by atoms with van der Waals surface area (Å²) in [5.41, 5.74) is -1.32. The number of carbonyl (C=O) groups excluding carboxylic acids is 2. The van der Waals surface area contributed by atoms with Crippen molar-refractivity contribution in [2.75, 3.05) is 14.1 Å². The van der Waals surface area contributed by atoms with Crippen LogP contribution in [0.5, 0.6) is 0 Å². The van der Waals surface area contributed by atoms with Gasteiger partial charge in [0.1, 0.15) is 0 Å². The van der Waals surface area contributed by atoms with Crippen molar-refractivity contribution in [3.05, 3.63) is 0 Å². The maximum absolute atomic E-state index is 12.2. The van der Waals surface area contributed by atoms with Gasteiger partial charge in [0.15, 0.2) is 19.7 Å². The molecule has 0 saturated carbocycles. The minimum absolute atomic E-state index is 0.124. The lowest BCUT2D eigenvalue weighted by atomic mass is 9.96. The second-order valence-corrected chi connectivity index (χ2v) is 10.0. The van der Waals surface area contributed by atoms with Gasteiger partial charge in [0.2, 0.25) is 0 Å². The van der Waals surface area contributed by atoms with E-state index in [4.69, 9.17) is 4.43 Å². The van der Waals surface area contributed by atoms with Crippen LogP contribution in [0, 0.1) is 0 Å². The lowest BCUT2D eigenvalue weighted by Gasteiger charge is -2.35. The summed E-state index contributed by atoms with van der Waals surface area (Å²) in [6, 6.07) is 0. The molecule has 0 N–H and O–H groups in total.